The van der Waals surface area contributed by atoms with E-state index in [9.17, 15) is 13.2 Å². The second-order valence-corrected chi connectivity index (χ2v) is 12.5. The molecular formula is C21H23ClN4O3S3. The zero-order valence-electron chi connectivity index (χ0n) is 17.5. The third-order valence-electron chi connectivity index (χ3n) is 6.15. The Morgan fingerprint density at radius 1 is 1.16 bits per heavy atom. The smallest absolute Gasteiger partial charge is 0.253 e. The molecule has 32 heavy (non-hydrogen) atoms. The number of thiophene rings is 1. The van der Waals surface area contributed by atoms with Crippen molar-refractivity contribution in [3.05, 3.63) is 40.2 Å². The monoisotopic (exact) mass is 510 g/mol. The maximum absolute atomic E-state index is 13.3. The Morgan fingerprint density at radius 2 is 1.94 bits per heavy atom. The van der Waals surface area contributed by atoms with Gasteiger partial charge in [0.1, 0.15) is 10.3 Å². The van der Waals surface area contributed by atoms with E-state index in [-0.39, 0.29) is 5.91 Å². The summed E-state index contributed by atoms with van der Waals surface area (Å²) >= 11 is 9.06. The fourth-order valence-electron chi connectivity index (χ4n) is 4.35. The Morgan fingerprint density at radius 3 is 2.66 bits per heavy atom. The van der Waals surface area contributed by atoms with Gasteiger partial charge in [0.25, 0.3) is 10.0 Å². The number of halogens is 1. The minimum atomic E-state index is -3.63. The molecule has 1 atom stereocenters. The van der Waals surface area contributed by atoms with E-state index in [0.29, 0.717) is 54.8 Å². The number of rotatable bonds is 4. The quantitative estimate of drug-likeness (QED) is 0.533. The van der Waals surface area contributed by atoms with Gasteiger partial charge in [-0.1, -0.05) is 29.0 Å². The van der Waals surface area contributed by atoms with Crippen molar-refractivity contribution in [1.82, 2.24) is 14.2 Å². The van der Waals surface area contributed by atoms with Crippen LogP contribution in [0.15, 0.2) is 33.9 Å². The van der Waals surface area contributed by atoms with Gasteiger partial charge in [-0.05, 0) is 48.9 Å². The number of sulfonamides is 1. The molecule has 1 aromatic carbocycles. The second kappa shape index (κ2) is 8.57. The second-order valence-electron chi connectivity index (χ2n) is 8.03. The lowest BCUT2D eigenvalue weighted by atomic mass is 10.2. The number of aromatic nitrogens is 1. The predicted octanol–water partition coefficient (Wildman–Crippen LogP) is 3.82. The van der Waals surface area contributed by atoms with Crippen LogP contribution >= 0.6 is 34.3 Å². The summed E-state index contributed by atoms with van der Waals surface area (Å²) in [6.07, 6.45) is 1.27. The van der Waals surface area contributed by atoms with Crippen LogP contribution in [0.25, 0.3) is 10.2 Å². The van der Waals surface area contributed by atoms with Gasteiger partial charge in [0.2, 0.25) is 5.91 Å². The topological polar surface area (TPSA) is 73.8 Å². The Hall–Kier alpha value is -1.72. The highest BCUT2D eigenvalue weighted by Crippen LogP contribution is 2.34. The third-order valence-corrected chi connectivity index (χ3v) is 10.9. The molecule has 3 aromatic rings. The standard InChI is InChI=1S/C21H23ClN4O3S3/c1-14-15(22)6-7-17-19(14)23-21(31-17)25-11-9-24(10-12-25)20(27)16-4-2-8-26(16)32(28,29)18-5-3-13-30-18/h3,5-7,13,16H,2,4,8-12H2,1H3. The predicted molar refractivity (Wildman–Crippen MR) is 129 cm³/mol. The summed E-state index contributed by atoms with van der Waals surface area (Å²) in [6, 6.07) is 6.61. The van der Waals surface area contributed by atoms with E-state index in [0.717, 1.165) is 20.9 Å². The summed E-state index contributed by atoms with van der Waals surface area (Å²) in [5.74, 6) is -0.0887. The third kappa shape index (κ3) is 3.81. The summed E-state index contributed by atoms with van der Waals surface area (Å²) < 4.78 is 28.8. The van der Waals surface area contributed by atoms with Gasteiger partial charge in [-0.25, -0.2) is 13.4 Å². The number of benzene rings is 1. The van der Waals surface area contributed by atoms with E-state index >= 15 is 0 Å². The number of thiazole rings is 1. The highest BCUT2D eigenvalue weighted by molar-refractivity contribution is 7.91. The fourth-order valence-corrected chi connectivity index (χ4v) is 8.35. The number of nitrogens with zero attached hydrogens (tertiary/aromatic N) is 4. The van der Waals surface area contributed by atoms with Gasteiger partial charge < -0.3 is 9.80 Å². The number of aryl methyl sites for hydroxylation is 1. The molecule has 2 aliphatic heterocycles. The van der Waals surface area contributed by atoms with Gasteiger partial charge in [0.05, 0.1) is 10.2 Å². The maximum atomic E-state index is 13.3. The molecule has 2 saturated heterocycles. The van der Waals surface area contributed by atoms with E-state index in [1.54, 1.807) is 33.7 Å². The van der Waals surface area contributed by atoms with Crippen LogP contribution < -0.4 is 4.90 Å². The molecule has 0 saturated carbocycles. The summed E-state index contributed by atoms with van der Waals surface area (Å²) in [6.45, 7) is 4.81. The highest BCUT2D eigenvalue weighted by Gasteiger charge is 2.42. The molecule has 2 fully saturated rings. The molecule has 4 heterocycles. The van der Waals surface area contributed by atoms with Crippen molar-refractivity contribution in [2.75, 3.05) is 37.6 Å². The van der Waals surface area contributed by atoms with Crippen molar-refractivity contribution in [1.29, 1.82) is 0 Å². The van der Waals surface area contributed by atoms with E-state index < -0.39 is 16.1 Å². The van der Waals surface area contributed by atoms with Crippen LogP contribution in [0.3, 0.4) is 0 Å². The van der Waals surface area contributed by atoms with E-state index in [1.165, 1.54) is 15.6 Å². The van der Waals surface area contributed by atoms with Crippen molar-refractivity contribution in [2.45, 2.75) is 30.0 Å². The Kier molecular flexibility index (Phi) is 5.91. The lowest BCUT2D eigenvalue weighted by molar-refractivity contribution is -0.134. The average Bonchev–Trinajstić information content (AvgIpc) is 3.56. The van der Waals surface area contributed by atoms with Gasteiger partial charge in [-0.15, -0.1) is 11.3 Å². The molecule has 0 spiro atoms. The number of carbonyl (C=O) groups excluding carboxylic acids is 1. The zero-order valence-corrected chi connectivity index (χ0v) is 20.7. The number of hydrogen-bond donors (Lipinski definition) is 0. The fraction of sp³-hybridized carbons (Fsp3) is 0.429. The molecule has 11 heteroatoms. The maximum Gasteiger partial charge on any atom is 0.253 e. The summed E-state index contributed by atoms with van der Waals surface area (Å²) in [4.78, 5) is 22.1. The first-order valence-corrected chi connectivity index (χ1v) is 14.0. The lowest BCUT2D eigenvalue weighted by Crippen LogP contribution is -2.54. The van der Waals surface area contributed by atoms with E-state index in [4.69, 9.17) is 16.6 Å². The van der Waals surface area contributed by atoms with Gasteiger partial charge in [-0.2, -0.15) is 4.31 Å². The Balaban J connectivity index is 1.28. The Labute approximate surface area is 200 Å². The molecule has 0 bridgehead atoms. The van der Waals surface area contributed by atoms with Crippen LogP contribution in [0.1, 0.15) is 18.4 Å². The van der Waals surface area contributed by atoms with Crippen molar-refractivity contribution >= 4 is 65.6 Å². The van der Waals surface area contributed by atoms with Gasteiger partial charge in [0, 0.05) is 37.7 Å². The zero-order chi connectivity index (χ0) is 22.5. The van der Waals surface area contributed by atoms with Crippen LogP contribution in [0.4, 0.5) is 5.13 Å². The Bertz CT molecular complexity index is 1250. The summed E-state index contributed by atoms with van der Waals surface area (Å²) in [7, 11) is -3.63. The number of carbonyl (C=O) groups is 1. The number of piperazine rings is 1. The average molecular weight is 511 g/mol. The molecular weight excluding hydrogens is 488 g/mol. The van der Waals surface area contributed by atoms with Crippen LogP contribution in [-0.2, 0) is 14.8 Å². The summed E-state index contributed by atoms with van der Waals surface area (Å²) in [5.41, 5.74) is 1.91. The number of anilines is 1. The minimum Gasteiger partial charge on any atom is -0.345 e. The largest absolute Gasteiger partial charge is 0.345 e. The molecule has 2 aliphatic rings. The molecule has 1 unspecified atom stereocenters. The lowest BCUT2D eigenvalue weighted by Gasteiger charge is -2.37. The molecule has 0 radical (unpaired) electrons. The summed E-state index contributed by atoms with van der Waals surface area (Å²) in [5, 5.41) is 3.39. The van der Waals surface area contributed by atoms with Crippen LogP contribution in [-0.4, -0.2) is 67.3 Å². The first-order valence-electron chi connectivity index (χ1n) is 10.5. The number of hydrogen-bond acceptors (Lipinski definition) is 7. The molecule has 0 N–H and O–H groups in total. The van der Waals surface area contributed by atoms with Gasteiger partial charge in [0.15, 0.2) is 5.13 Å². The van der Waals surface area contributed by atoms with Crippen LogP contribution in [0, 0.1) is 6.92 Å². The normalized spacial score (nSPS) is 20.4. The molecule has 5 rings (SSSR count). The van der Waals surface area contributed by atoms with Crippen molar-refractivity contribution in [3.8, 4) is 0 Å². The number of amides is 1. The van der Waals surface area contributed by atoms with Crippen molar-refractivity contribution < 1.29 is 13.2 Å². The molecule has 2 aromatic heterocycles. The number of fused-ring (bicyclic) bond motifs is 1. The van der Waals surface area contributed by atoms with E-state index in [2.05, 4.69) is 4.90 Å². The molecule has 0 aliphatic carbocycles. The molecule has 7 nitrogen and oxygen atoms in total. The SMILES string of the molecule is Cc1c(Cl)ccc2sc(N3CCN(C(=O)C4CCCN4S(=O)(=O)c4cccs4)CC3)nc12. The molecule has 1 amide bonds. The van der Waals surface area contributed by atoms with Crippen molar-refractivity contribution in [3.63, 3.8) is 0 Å². The van der Waals surface area contributed by atoms with Gasteiger partial charge in [-0.3, -0.25) is 4.79 Å². The van der Waals surface area contributed by atoms with Crippen LogP contribution in [0.5, 0.6) is 0 Å². The first kappa shape index (κ1) is 22.1. The van der Waals surface area contributed by atoms with E-state index in [1.807, 2.05) is 19.1 Å². The molecule has 170 valence electrons. The highest BCUT2D eigenvalue weighted by atomic mass is 35.5. The minimum absolute atomic E-state index is 0.0887. The van der Waals surface area contributed by atoms with Crippen LogP contribution in [0.2, 0.25) is 5.02 Å². The van der Waals surface area contributed by atoms with Gasteiger partial charge >= 0.3 is 0 Å². The van der Waals surface area contributed by atoms with Crippen molar-refractivity contribution in [2.24, 2.45) is 0 Å². The first-order chi connectivity index (χ1) is 15.4.